The van der Waals surface area contributed by atoms with Crippen LogP contribution in [-0.2, 0) is 4.79 Å². The molecule has 0 saturated carbocycles. The first-order valence-electron chi connectivity index (χ1n) is 10.2. The fourth-order valence-electron chi connectivity index (χ4n) is 3.36. The number of carbonyl (C=O) groups is 1. The minimum atomic E-state index is -1.00. The zero-order chi connectivity index (χ0) is 22.7. The molecule has 0 spiro atoms. The predicted octanol–water partition coefficient (Wildman–Crippen LogP) is 3.62. The molecule has 0 fully saturated rings. The van der Waals surface area contributed by atoms with Gasteiger partial charge in [-0.15, -0.1) is 0 Å². The molecule has 0 aliphatic heterocycles. The van der Waals surface area contributed by atoms with Crippen LogP contribution < -0.4 is 15.0 Å². The number of ether oxygens (including phenoxy) is 2. The summed E-state index contributed by atoms with van der Waals surface area (Å²) in [4.78, 5) is 37.7. The molecule has 32 heavy (non-hydrogen) atoms. The minimum Gasteiger partial charge on any atom is -0.493 e. The third-order valence-electron chi connectivity index (χ3n) is 4.92. The lowest BCUT2D eigenvalue weighted by molar-refractivity contribution is -0.145. The van der Waals surface area contributed by atoms with Crippen molar-refractivity contribution >= 4 is 17.1 Å². The number of imidazole rings is 1. The molecule has 0 aliphatic carbocycles. The maximum absolute atomic E-state index is 12.3. The van der Waals surface area contributed by atoms with Gasteiger partial charge >= 0.3 is 5.97 Å². The first-order chi connectivity index (χ1) is 15.5. The lowest BCUT2D eigenvalue weighted by atomic mass is 10.0. The quantitative estimate of drug-likeness (QED) is 0.386. The lowest BCUT2D eigenvalue weighted by Crippen LogP contribution is -2.25. The van der Waals surface area contributed by atoms with E-state index in [1.165, 1.54) is 6.33 Å². The summed E-state index contributed by atoms with van der Waals surface area (Å²) in [5.41, 5.74) is 2.62. The van der Waals surface area contributed by atoms with Crippen molar-refractivity contribution in [3.05, 3.63) is 59.1 Å². The topological polar surface area (TPSA) is 130 Å². The number of carboxylic acid groups (broad SMARTS) is 1. The van der Waals surface area contributed by atoms with E-state index in [0.29, 0.717) is 47.1 Å². The summed E-state index contributed by atoms with van der Waals surface area (Å²) in [6, 6.07) is 12.7. The van der Waals surface area contributed by atoms with E-state index < -0.39 is 12.1 Å². The van der Waals surface area contributed by atoms with E-state index >= 15 is 0 Å². The van der Waals surface area contributed by atoms with Gasteiger partial charge in [0.2, 0.25) is 0 Å². The second kappa shape index (κ2) is 8.93. The van der Waals surface area contributed by atoms with Crippen molar-refractivity contribution in [2.75, 3.05) is 6.61 Å². The van der Waals surface area contributed by atoms with Gasteiger partial charge in [-0.25, -0.2) is 14.8 Å². The van der Waals surface area contributed by atoms with Crippen molar-refractivity contribution < 1.29 is 19.4 Å². The summed E-state index contributed by atoms with van der Waals surface area (Å²) < 4.78 is 11.4. The van der Waals surface area contributed by atoms with Crippen LogP contribution in [0.15, 0.2) is 53.6 Å². The molecule has 4 rings (SSSR count). The molecular formula is C23H22N4O5. The Morgan fingerprint density at radius 1 is 1.16 bits per heavy atom. The summed E-state index contributed by atoms with van der Waals surface area (Å²) in [6.07, 6.45) is 0.867. The summed E-state index contributed by atoms with van der Waals surface area (Å²) >= 11 is 0. The van der Waals surface area contributed by atoms with E-state index in [2.05, 4.69) is 19.9 Å². The van der Waals surface area contributed by atoms with Crippen LogP contribution in [0.25, 0.3) is 33.7 Å². The van der Waals surface area contributed by atoms with E-state index in [-0.39, 0.29) is 5.56 Å². The largest absolute Gasteiger partial charge is 0.493 e. The van der Waals surface area contributed by atoms with E-state index in [1.807, 2.05) is 31.2 Å². The average Bonchev–Trinajstić information content (AvgIpc) is 3.27. The monoisotopic (exact) mass is 434 g/mol. The number of carboxylic acids is 1. The highest BCUT2D eigenvalue weighted by molar-refractivity contribution is 5.77. The molecule has 1 unspecified atom stereocenters. The molecule has 0 bridgehead atoms. The summed E-state index contributed by atoms with van der Waals surface area (Å²) in [5.74, 6) is 0.366. The summed E-state index contributed by atoms with van der Waals surface area (Å²) in [5, 5.41) is 9.25. The number of hydrogen-bond donors (Lipinski definition) is 3. The molecule has 164 valence electrons. The van der Waals surface area contributed by atoms with Crippen molar-refractivity contribution in [2.24, 2.45) is 0 Å². The SMILES string of the molecule is CCOc1cc(-c2cccc(OC(CC)C(=O)O)c2)ccc1-c1nc2nc[nH]c2c(=O)[nH]1. The molecule has 2 aromatic heterocycles. The van der Waals surface area contributed by atoms with Crippen LogP contribution in [0, 0.1) is 0 Å². The van der Waals surface area contributed by atoms with Crippen molar-refractivity contribution in [1.29, 1.82) is 0 Å². The van der Waals surface area contributed by atoms with Crippen molar-refractivity contribution in [3.63, 3.8) is 0 Å². The second-order valence-corrected chi connectivity index (χ2v) is 7.04. The lowest BCUT2D eigenvalue weighted by Gasteiger charge is -2.15. The van der Waals surface area contributed by atoms with Crippen LogP contribution in [0.4, 0.5) is 0 Å². The van der Waals surface area contributed by atoms with Crippen LogP contribution >= 0.6 is 0 Å². The Hall–Kier alpha value is -4.14. The van der Waals surface area contributed by atoms with Gasteiger partial charge in [-0.05, 0) is 48.7 Å². The highest BCUT2D eigenvalue weighted by Gasteiger charge is 2.17. The maximum atomic E-state index is 12.3. The number of hydrogen-bond acceptors (Lipinski definition) is 6. The second-order valence-electron chi connectivity index (χ2n) is 7.04. The van der Waals surface area contributed by atoms with E-state index in [1.54, 1.807) is 25.1 Å². The molecule has 0 amide bonds. The Labute approximate surface area is 183 Å². The Morgan fingerprint density at radius 2 is 1.97 bits per heavy atom. The maximum Gasteiger partial charge on any atom is 0.344 e. The Bertz CT molecular complexity index is 1330. The normalized spacial score (nSPS) is 11.9. The van der Waals surface area contributed by atoms with Gasteiger partial charge in [-0.3, -0.25) is 4.79 Å². The number of nitrogens with zero attached hydrogens (tertiary/aromatic N) is 2. The van der Waals surface area contributed by atoms with Gasteiger partial charge < -0.3 is 24.5 Å². The minimum absolute atomic E-state index is 0.312. The zero-order valence-electron chi connectivity index (χ0n) is 17.6. The van der Waals surface area contributed by atoms with Gasteiger partial charge in [0.1, 0.15) is 17.3 Å². The standard InChI is InChI=1S/C23H22N4O5/c1-3-17(23(29)30)32-15-7-5-6-13(10-15)14-8-9-16(18(11-14)31-4-2)20-26-21-19(22(28)27-20)24-12-25-21/h5-12,17H,3-4H2,1-2H3,(H,29,30)(H2,24,25,26,27,28). The Morgan fingerprint density at radius 3 is 2.72 bits per heavy atom. The molecular weight excluding hydrogens is 412 g/mol. The molecule has 9 heteroatoms. The molecule has 0 aliphatic rings. The molecule has 0 radical (unpaired) electrons. The van der Waals surface area contributed by atoms with Crippen molar-refractivity contribution in [3.8, 4) is 34.0 Å². The third kappa shape index (κ3) is 4.18. The fraction of sp³-hybridized carbons (Fsp3) is 0.217. The number of nitrogens with one attached hydrogen (secondary N) is 2. The van der Waals surface area contributed by atoms with Crippen molar-refractivity contribution in [1.82, 2.24) is 19.9 Å². The Kier molecular flexibility index (Phi) is 5.89. The summed E-state index contributed by atoms with van der Waals surface area (Å²) in [6.45, 7) is 4.05. The van der Waals surface area contributed by atoms with E-state index in [0.717, 1.165) is 11.1 Å². The van der Waals surface area contributed by atoms with Gasteiger partial charge in [-0.2, -0.15) is 0 Å². The van der Waals surface area contributed by atoms with Crippen LogP contribution in [0.5, 0.6) is 11.5 Å². The molecule has 2 heterocycles. The van der Waals surface area contributed by atoms with Crippen LogP contribution in [0.1, 0.15) is 20.3 Å². The van der Waals surface area contributed by atoms with E-state index in [9.17, 15) is 14.7 Å². The molecule has 9 nitrogen and oxygen atoms in total. The number of benzene rings is 2. The number of fused-ring (bicyclic) bond motifs is 1. The van der Waals surface area contributed by atoms with Crippen molar-refractivity contribution in [2.45, 2.75) is 26.4 Å². The number of rotatable bonds is 8. The first-order valence-corrected chi connectivity index (χ1v) is 10.2. The number of aliphatic carboxylic acids is 1. The van der Waals surface area contributed by atoms with Gasteiger partial charge in [0.15, 0.2) is 17.3 Å². The third-order valence-corrected chi connectivity index (χ3v) is 4.92. The molecule has 3 N–H and O–H groups in total. The highest BCUT2D eigenvalue weighted by atomic mass is 16.5. The van der Waals surface area contributed by atoms with Crippen LogP contribution in [-0.4, -0.2) is 43.7 Å². The molecule has 4 aromatic rings. The van der Waals surface area contributed by atoms with E-state index in [4.69, 9.17) is 9.47 Å². The van der Waals surface area contributed by atoms with Crippen LogP contribution in [0.3, 0.4) is 0 Å². The number of aromatic amines is 2. The first kappa shape index (κ1) is 21.1. The van der Waals surface area contributed by atoms with Gasteiger partial charge in [0.05, 0.1) is 18.5 Å². The fourth-order valence-corrected chi connectivity index (χ4v) is 3.36. The Balaban J connectivity index is 1.72. The molecule has 0 saturated heterocycles. The zero-order valence-corrected chi connectivity index (χ0v) is 17.6. The average molecular weight is 434 g/mol. The van der Waals surface area contributed by atoms with Gasteiger partial charge in [-0.1, -0.05) is 25.1 Å². The van der Waals surface area contributed by atoms with Gasteiger partial charge in [0, 0.05) is 0 Å². The molecule has 2 aromatic carbocycles. The van der Waals surface area contributed by atoms with Crippen LogP contribution in [0.2, 0.25) is 0 Å². The smallest absolute Gasteiger partial charge is 0.344 e. The number of aromatic nitrogens is 4. The predicted molar refractivity (Wildman–Crippen MR) is 119 cm³/mol. The van der Waals surface area contributed by atoms with Gasteiger partial charge in [0.25, 0.3) is 5.56 Å². The summed E-state index contributed by atoms with van der Waals surface area (Å²) in [7, 11) is 0. The highest BCUT2D eigenvalue weighted by Crippen LogP contribution is 2.34. The molecule has 1 atom stereocenters. The number of H-pyrrole nitrogens is 2.